The van der Waals surface area contributed by atoms with Gasteiger partial charge in [0.15, 0.2) is 6.29 Å². The van der Waals surface area contributed by atoms with Crippen LogP contribution in [0.5, 0.6) is 34.5 Å². The van der Waals surface area contributed by atoms with E-state index in [1.165, 1.54) is 0 Å². The second-order valence-corrected chi connectivity index (χ2v) is 18.8. The molecule has 0 saturated carbocycles. The van der Waals surface area contributed by atoms with Gasteiger partial charge in [0.25, 0.3) is 0 Å². The molecule has 81 heavy (non-hydrogen) atoms. The second-order valence-electron chi connectivity index (χ2n) is 18.8. The van der Waals surface area contributed by atoms with Crippen LogP contribution in [0.3, 0.4) is 0 Å². The Hall–Kier alpha value is -10.2. The molecule has 0 radical (unpaired) electrons. The maximum Gasteiger partial charge on any atom is 0.153 e. The molecule has 3 heterocycles. The summed E-state index contributed by atoms with van der Waals surface area (Å²) < 4.78 is 45.8. The minimum Gasteiger partial charge on any atom is -0.508 e. The van der Waals surface area contributed by atoms with Crippen LogP contribution in [-0.2, 0) is 4.74 Å². The molecule has 0 aliphatic carbocycles. The third-order valence-electron chi connectivity index (χ3n) is 14.0. The third-order valence-corrected chi connectivity index (χ3v) is 14.0. The molecule has 0 spiro atoms. The summed E-state index contributed by atoms with van der Waals surface area (Å²) in [6.45, 7) is 5.85. The molecule has 9 aromatic carbocycles. The van der Waals surface area contributed by atoms with Crippen LogP contribution in [0.4, 0.5) is 0 Å². The van der Waals surface area contributed by atoms with Gasteiger partial charge in [-0.25, -0.2) is 0 Å². The van der Waals surface area contributed by atoms with Gasteiger partial charge in [0.1, 0.15) is 68.5 Å². The van der Waals surface area contributed by atoms with Gasteiger partial charge in [-0.2, -0.15) is 0 Å². The minimum atomic E-state index is -0.234. The Balaban J connectivity index is 0.000000136. The Kier molecular flexibility index (Phi) is 16.2. The van der Waals surface area contributed by atoms with Crippen molar-refractivity contribution in [2.24, 2.45) is 0 Å². The molecule has 3 aromatic heterocycles. The SMILES string of the molecule is C=Cc1cc(OC)cc2c(-c3ccccc3)c(-c3ccc(OC)cc3)oc12.COC(C)c1cc(O)cc2c(-c3ccccc3)c(-c3ccc(O)cc3)oc12.COc1ccc(-c2oc3c(C=O)cc(OC)cc3c2-c2ccccc2)cc1. The molecule has 2 N–H and O–H groups in total. The molecule has 0 bridgehead atoms. The molecule has 11 heteroatoms. The van der Waals surface area contributed by atoms with Crippen molar-refractivity contribution < 1.29 is 51.9 Å². The number of hydrogen-bond donors (Lipinski definition) is 2. The van der Waals surface area contributed by atoms with E-state index in [2.05, 4.69) is 18.7 Å². The Morgan fingerprint density at radius 3 is 1.16 bits per heavy atom. The van der Waals surface area contributed by atoms with Crippen LogP contribution < -0.4 is 18.9 Å². The van der Waals surface area contributed by atoms with Crippen LogP contribution in [0.15, 0.2) is 220 Å². The summed E-state index contributed by atoms with van der Waals surface area (Å²) in [5, 5.41) is 22.6. The Bertz CT molecular complexity index is 3940. The molecule has 0 aliphatic heterocycles. The lowest BCUT2D eigenvalue weighted by molar-refractivity contribution is 0.112. The topological polar surface area (TPSA) is 143 Å². The first-order chi connectivity index (χ1) is 39.6. The smallest absolute Gasteiger partial charge is 0.153 e. The maximum absolute atomic E-state index is 11.6. The fourth-order valence-electron chi connectivity index (χ4n) is 9.89. The Morgan fingerprint density at radius 1 is 0.407 bits per heavy atom. The predicted octanol–water partition coefficient (Wildman–Crippen LogP) is 17.9. The van der Waals surface area contributed by atoms with Crippen LogP contribution in [0, 0.1) is 0 Å². The normalized spacial score (nSPS) is 11.3. The van der Waals surface area contributed by atoms with Gasteiger partial charge in [0.05, 0.1) is 40.1 Å². The fraction of sp³-hybridized carbons (Fsp3) is 0.100. The van der Waals surface area contributed by atoms with E-state index in [0.717, 1.165) is 112 Å². The second kappa shape index (κ2) is 24.2. The zero-order valence-electron chi connectivity index (χ0n) is 45.6. The summed E-state index contributed by atoms with van der Waals surface area (Å²) in [4.78, 5) is 11.6. The van der Waals surface area contributed by atoms with Gasteiger partial charge in [0, 0.05) is 67.8 Å². The van der Waals surface area contributed by atoms with Gasteiger partial charge in [-0.3, -0.25) is 4.79 Å². The highest BCUT2D eigenvalue weighted by molar-refractivity contribution is 6.08. The summed E-state index contributed by atoms with van der Waals surface area (Å²) in [5.74, 6) is 5.53. The quantitative estimate of drug-likeness (QED) is 0.100. The van der Waals surface area contributed by atoms with Gasteiger partial charge in [0.2, 0.25) is 0 Å². The maximum atomic E-state index is 11.6. The first-order valence-corrected chi connectivity index (χ1v) is 26.0. The first-order valence-electron chi connectivity index (χ1n) is 26.0. The number of methoxy groups -OCH3 is 5. The molecular formula is C70H58O11. The molecule has 0 aliphatic rings. The van der Waals surface area contributed by atoms with E-state index in [9.17, 15) is 15.0 Å². The monoisotopic (exact) mass is 1070 g/mol. The molecule has 12 aromatic rings. The molecule has 11 nitrogen and oxygen atoms in total. The summed E-state index contributed by atoms with van der Waals surface area (Å²) in [6, 6.07) is 63.5. The lowest BCUT2D eigenvalue weighted by atomic mass is 9.97. The van der Waals surface area contributed by atoms with Crippen molar-refractivity contribution in [2.75, 3.05) is 35.5 Å². The van der Waals surface area contributed by atoms with Crippen molar-refractivity contribution >= 4 is 45.3 Å². The van der Waals surface area contributed by atoms with E-state index in [4.69, 9.17) is 36.9 Å². The van der Waals surface area contributed by atoms with Gasteiger partial charge in [-0.15, -0.1) is 0 Å². The zero-order chi connectivity index (χ0) is 56.6. The van der Waals surface area contributed by atoms with E-state index < -0.39 is 0 Å². The van der Waals surface area contributed by atoms with Crippen LogP contribution in [0.2, 0.25) is 0 Å². The molecule has 12 rings (SSSR count). The first kappa shape index (κ1) is 54.1. The highest BCUT2D eigenvalue weighted by Crippen LogP contribution is 2.47. The third kappa shape index (κ3) is 11.1. The molecule has 0 amide bonds. The van der Waals surface area contributed by atoms with Crippen molar-refractivity contribution in [3.63, 3.8) is 0 Å². The lowest BCUT2D eigenvalue weighted by Crippen LogP contribution is -1.96. The van der Waals surface area contributed by atoms with Crippen molar-refractivity contribution in [1.29, 1.82) is 0 Å². The van der Waals surface area contributed by atoms with E-state index in [-0.39, 0.29) is 17.6 Å². The molecule has 0 saturated heterocycles. The number of carbonyl (C=O) groups is 1. The van der Waals surface area contributed by atoms with E-state index in [1.807, 2.05) is 165 Å². The summed E-state index contributed by atoms with van der Waals surface area (Å²) in [5.41, 5.74) is 12.9. The summed E-state index contributed by atoms with van der Waals surface area (Å²) >= 11 is 0. The number of ether oxygens (including phenoxy) is 5. The van der Waals surface area contributed by atoms with Gasteiger partial charge >= 0.3 is 0 Å². The molecular weight excluding hydrogens is 1020 g/mol. The van der Waals surface area contributed by atoms with Crippen LogP contribution in [0.25, 0.3) is 106 Å². The number of phenols is 2. The lowest BCUT2D eigenvalue weighted by Gasteiger charge is -2.10. The van der Waals surface area contributed by atoms with E-state index >= 15 is 0 Å². The van der Waals surface area contributed by atoms with Crippen LogP contribution in [-0.4, -0.2) is 52.0 Å². The largest absolute Gasteiger partial charge is 0.508 e. The number of carbonyl (C=O) groups excluding carboxylic acids is 1. The predicted molar refractivity (Wildman–Crippen MR) is 322 cm³/mol. The van der Waals surface area contributed by atoms with Gasteiger partial charge < -0.3 is 47.1 Å². The summed E-state index contributed by atoms with van der Waals surface area (Å²) in [6.07, 6.45) is 2.35. The number of aromatic hydroxyl groups is 2. The van der Waals surface area contributed by atoms with Crippen molar-refractivity contribution in [1.82, 2.24) is 0 Å². The fourth-order valence-corrected chi connectivity index (χ4v) is 9.89. The van der Waals surface area contributed by atoms with Crippen molar-refractivity contribution in [3.05, 3.63) is 223 Å². The number of rotatable bonds is 14. The minimum absolute atomic E-state index is 0.164. The molecule has 0 fully saturated rings. The number of aldehydes is 1. The average molecular weight is 1080 g/mol. The molecule has 404 valence electrons. The van der Waals surface area contributed by atoms with Gasteiger partial charge in [-0.1, -0.05) is 104 Å². The number of benzene rings is 9. The average Bonchev–Trinajstić information content (AvgIpc) is 4.44. The van der Waals surface area contributed by atoms with Crippen molar-refractivity contribution in [2.45, 2.75) is 13.0 Å². The Morgan fingerprint density at radius 2 is 0.778 bits per heavy atom. The summed E-state index contributed by atoms with van der Waals surface area (Å²) in [7, 11) is 8.17. The Labute approximate surface area is 469 Å². The molecule has 1 unspecified atom stereocenters. The zero-order valence-corrected chi connectivity index (χ0v) is 45.6. The highest BCUT2D eigenvalue weighted by atomic mass is 16.5. The van der Waals surface area contributed by atoms with Gasteiger partial charge in [-0.05, 0) is 133 Å². The number of phenolic OH excluding ortho intramolecular Hbond substituents is 2. The van der Waals surface area contributed by atoms with Crippen LogP contribution >= 0.6 is 0 Å². The number of fused-ring (bicyclic) bond motifs is 3. The number of furan rings is 3. The van der Waals surface area contributed by atoms with E-state index in [0.29, 0.717) is 34.0 Å². The van der Waals surface area contributed by atoms with E-state index in [1.54, 1.807) is 72.0 Å². The highest BCUT2D eigenvalue weighted by Gasteiger charge is 2.25. The van der Waals surface area contributed by atoms with Crippen LogP contribution in [0.1, 0.15) is 34.5 Å². The number of hydrogen-bond acceptors (Lipinski definition) is 11. The van der Waals surface area contributed by atoms with Crippen molar-refractivity contribution in [3.8, 4) is 102 Å². The standard InChI is InChI=1S/C24H20O3.C23H18O4.C23H20O4/c1-4-16-14-20(26-3)15-21-22(17-8-6-5-7-9-17)24(27-23(16)21)18-10-12-19(25-2)13-11-18;1-25-18-10-8-16(9-11-18)23-21(15-6-4-3-5-7-15)20-13-19(26-2)12-17(14-24)22(20)27-23;1-14(26-2)19-12-18(25)13-20-21(15-6-4-3-5-7-15)22(27-23(19)20)16-8-10-17(24)11-9-16/h4-15H,1H2,2-3H3;3-14H,1-2H3;3-14,24-25H,1-2H3. The molecule has 1 atom stereocenters.